The molecule has 0 bridgehead atoms. The van der Waals surface area contributed by atoms with Crippen LogP contribution >= 0.6 is 11.8 Å². The standard InChI is InChI=1S/C16H19NO2S/c1-11(2)10-19-16(18)12(3)20-15-9-8-13-6-4-5-7-14(13)17-15/h4-9,11-12H,10H2,1-3H3. The number of rotatable bonds is 5. The van der Waals surface area contributed by atoms with E-state index in [4.69, 9.17) is 4.74 Å². The Labute approximate surface area is 123 Å². The summed E-state index contributed by atoms with van der Waals surface area (Å²) in [7, 11) is 0. The molecule has 0 saturated heterocycles. The van der Waals surface area contributed by atoms with Crippen molar-refractivity contribution in [2.45, 2.75) is 31.0 Å². The van der Waals surface area contributed by atoms with Gasteiger partial charge in [0.05, 0.1) is 17.1 Å². The van der Waals surface area contributed by atoms with E-state index in [9.17, 15) is 4.79 Å². The molecular weight excluding hydrogens is 270 g/mol. The molecule has 0 spiro atoms. The number of nitrogens with zero attached hydrogens (tertiary/aromatic N) is 1. The fourth-order valence-electron chi connectivity index (χ4n) is 1.71. The number of para-hydroxylation sites is 1. The summed E-state index contributed by atoms with van der Waals surface area (Å²) in [6, 6.07) is 11.9. The van der Waals surface area contributed by atoms with Crippen molar-refractivity contribution in [3.63, 3.8) is 0 Å². The maximum absolute atomic E-state index is 11.8. The van der Waals surface area contributed by atoms with Crippen molar-refractivity contribution in [2.75, 3.05) is 6.61 Å². The molecule has 0 saturated carbocycles. The van der Waals surface area contributed by atoms with Crippen molar-refractivity contribution >= 4 is 28.6 Å². The van der Waals surface area contributed by atoms with Crippen LogP contribution in [-0.4, -0.2) is 22.8 Å². The molecule has 1 atom stereocenters. The third-order valence-corrected chi connectivity index (χ3v) is 3.78. The minimum atomic E-state index is -0.248. The van der Waals surface area contributed by atoms with Gasteiger partial charge in [0, 0.05) is 5.39 Å². The molecule has 1 unspecified atom stereocenters. The van der Waals surface area contributed by atoms with Gasteiger partial charge in [-0.05, 0) is 25.0 Å². The summed E-state index contributed by atoms with van der Waals surface area (Å²) in [4.78, 5) is 16.4. The van der Waals surface area contributed by atoms with Crippen LogP contribution in [0.25, 0.3) is 10.9 Å². The fraction of sp³-hybridized carbons (Fsp3) is 0.375. The molecule has 0 N–H and O–H groups in total. The Morgan fingerprint density at radius 1 is 1.20 bits per heavy atom. The van der Waals surface area contributed by atoms with Gasteiger partial charge in [0.15, 0.2) is 0 Å². The second-order valence-corrected chi connectivity index (χ2v) is 6.49. The van der Waals surface area contributed by atoms with Crippen LogP contribution in [0.15, 0.2) is 41.4 Å². The van der Waals surface area contributed by atoms with E-state index in [0.717, 1.165) is 15.9 Å². The van der Waals surface area contributed by atoms with E-state index in [-0.39, 0.29) is 11.2 Å². The predicted octanol–water partition coefficient (Wildman–Crippen LogP) is 3.91. The first-order chi connectivity index (χ1) is 9.56. The quantitative estimate of drug-likeness (QED) is 0.618. The molecule has 0 aliphatic heterocycles. The molecule has 1 aromatic carbocycles. The van der Waals surface area contributed by atoms with Crippen LogP contribution in [0.3, 0.4) is 0 Å². The number of esters is 1. The van der Waals surface area contributed by atoms with Gasteiger partial charge in [-0.15, -0.1) is 0 Å². The van der Waals surface area contributed by atoms with Gasteiger partial charge >= 0.3 is 5.97 Å². The van der Waals surface area contributed by atoms with Crippen molar-refractivity contribution in [3.8, 4) is 0 Å². The third-order valence-electron chi connectivity index (χ3n) is 2.76. The molecule has 0 radical (unpaired) electrons. The van der Waals surface area contributed by atoms with Gasteiger partial charge in [-0.25, -0.2) is 4.98 Å². The Morgan fingerprint density at radius 3 is 2.70 bits per heavy atom. The SMILES string of the molecule is CC(C)COC(=O)C(C)Sc1ccc2ccccc2n1. The number of carbonyl (C=O) groups excluding carboxylic acids is 1. The number of thioether (sulfide) groups is 1. The van der Waals surface area contributed by atoms with Crippen molar-refractivity contribution in [1.29, 1.82) is 0 Å². The zero-order chi connectivity index (χ0) is 14.5. The lowest BCUT2D eigenvalue weighted by Crippen LogP contribution is -2.19. The van der Waals surface area contributed by atoms with Crippen LogP contribution in [0.5, 0.6) is 0 Å². The van der Waals surface area contributed by atoms with Crippen LogP contribution in [-0.2, 0) is 9.53 Å². The predicted molar refractivity (Wildman–Crippen MR) is 82.9 cm³/mol. The number of ether oxygens (including phenoxy) is 1. The molecule has 0 aliphatic carbocycles. The molecule has 106 valence electrons. The first-order valence-electron chi connectivity index (χ1n) is 6.75. The first kappa shape index (κ1) is 14.9. The molecule has 2 aromatic rings. The van der Waals surface area contributed by atoms with Crippen molar-refractivity contribution < 1.29 is 9.53 Å². The zero-order valence-electron chi connectivity index (χ0n) is 12.0. The van der Waals surface area contributed by atoms with E-state index in [0.29, 0.717) is 12.5 Å². The van der Waals surface area contributed by atoms with E-state index in [1.807, 2.05) is 57.2 Å². The highest BCUT2D eigenvalue weighted by molar-refractivity contribution is 8.00. The highest BCUT2D eigenvalue weighted by atomic mass is 32.2. The molecular formula is C16H19NO2S. The minimum absolute atomic E-state index is 0.182. The van der Waals surface area contributed by atoms with Gasteiger partial charge in [0.25, 0.3) is 0 Å². The summed E-state index contributed by atoms with van der Waals surface area (Å²) in [5, 5.41) is 1.70. The molecule has 0 aliphatic rings. The lowest BCUT2D eigenvalue weighted by molar-refractivity contribution is -0.143. The number of carbonyl (C=O) groups is 1. The Bertz CT molecular complexity index is 598. The summed E-state index contributed by atoms with van der Waals surface area (Å²) in [5.41, 5.74) is 0.945. The maximum atomic E-state index is 11.8. The molecule has 1 aromatic heterocycles. The average Bonchev–Trinajstić information content (AvgIpc) is 2.44. The number of aromatic nitrogens is 1. The zero-order valence-corrected chi connectivity index (χ0v) is 12.8. The Balaban J connectivity index is 2.02. The number of hydrogen-bond acceptors (Lipinski definition) is 4. The largest absolute Gasteiger partial charge is 0.465 e. The summed E-state index contributed by atoms with van der Waals surface area (Å²) in [6.45, 7) is 6.37. The average molecular weight is 289 g/mol. The molecule has 0 amide bonds. The lowest BCUT2D eigenvalue weighted by Gasteiger charge is -2.12. The van der Waals surface area contributed by atoms with E-state index in [1.54, 1.807) is 0 Å². The normalized spacial score (nSPS) is 12.6. The molecule has 4 heteroatoms. The molecule has 20 heavy (non-hydrogen) atoms. The highest BCUT2D eigenvalue weighted by Gasteiger charge is 2.17. The van der Waals surface area contributed by atoms with Gasteiger partial charge < -0.3 is 4.74 Å². The van der Waals surface area contributed by atoms with Crippen LogP contribution in [0.4, 0.5) is 0 Å². The Kier molecular flexibility index (Phi) is 5.01. The molecule has 2 rings (SSSR count). The maximum Gasteiger partial charge on any atom is 0.319 e. The number of fused-ring (bicyclic) bond motifs is 1. The number of hydrogen-bond donors (Lipinski definition) is 0. The van der Waals surface area contributed by atoms with E-state index >= 15 is 0 Å². The van der Waals surface area contributed by atoms with Crippen LogP contribution < -0.4 is 0 Å². The van der Waals surface area contributed by atoms with Gasteiger partial charge in [-0.2, -0.15) is 0 Å². The summed E-state index contributed by atoms with van der Waals surface area (Å²) in [5.74, 6) is 0.175. The second-order valence-electron chi connectivity index (χ2n) is 5.13. The Morgan fingerprint density at radius 2 is 1.95 bits per heavy atom. The fourth-order valence-corrected chi connectivity index (χ4v) is 2.53. The first-order valence-corrected chi connectivity index (χ1v) is 7.63. The highest BCUT2D eigenvalue weighted by Crippen LogP contribution is 2.24. The van der Waals surface area contributed by atoms with Gasteiger partial charge in [0.1, 0.15) is 5.25 Å². The molecule has 3 nitrogen and oxygen atoms in total. The lowest BCUT2D eigenvalue weighted by atomic mass is 10.2. The minimum Gasteiger partial charge on any atom is -0.465 e. The van der Waals surface area contributed by atoms with Gasteiger partial charge in [0.2, 0.25) is 0 Å². The van der Waals surface area contributed by atoms with Crippen LogP contribution in [0.1, 0.15) is 20.8 Å². The summed E-state index contributed by atoms with van der Waals surface area (Å²) < 4.78 is 5.24. The topological polar surface area (TPSA) is 39.2 Å². The second kappa shape index (κ2) is 6.75. The van der Waals surface area contributed by atoms with Crippen LogP contribution in [0, 0.1) is 5.92 Å². The number of pyridine rings is 1. The van der Waals surface area contributed by atoms with Gasteiger partial charge in [-0.1, -0.05) is 49.9 Å². The third kappa shape index (κ3) is 3.97. The summed E-state index contributed by atoms with van der Waals surface area (Å²) in [6.07, 6.45) is 0. The monoisotopic (exact) mass is 289 g/mol. The number of benzene rings is 1. The van der Waals surface area contributed by atoms with E-state index in [1.165, 1.54) is 11.8 Å². The molecule has 1 heterocycles. The van der Waals surface area contributed by atoms with Crippen molar-refractivity contribution in [1.82, 2.24) is 4.98 Å². The van der Waals surface area contributed by atoms with Crippen molar-refractivity contribution in [2.24, 2.45) is 5.92 Å². The smallest absolute Gasteiger partial charge is 0.319 e. The van der Waals surface area contributed by atoms with Crippen LogP contribution in [0.2, 0.25) is 0 Å². The van der Waals surface area contributed by atoms with E-state index in [2.05, 4.69) is 4.98 Å². The van der Waals surface area contributed by atoms with E-state index < -0.39 is 0 Å². The van der Waals surface area contributed by atoms with Gasteiger partial charge in [-0.3, -0.25) is 4.79 Å². The molecule has 0 fully saturated rings. The van der Waals surface area contributed by atoms with Crippen molar-refractivity contribution in [3.05, 3.63) is 36.4 Å². The Hall–Kier alpha value is -1.55. The summed E-state index contributed by atoms with van der Waals surface area (Å²) >= 11 is 1.43.